The van der Waals surface area contributed by atoms with Gasteiger partial charge in [0.1, 0.15) is 10.8 Å². The van der Waals surface area contributed by atoms with Gasteiger partial charge in [0.25, 0.3) is 0 Å². The maximum absolute atomic E-state index is 13.6. The largest absolute Gasteiger partial charge is 0.379 e. The Morgan fingerprint density at radius 3 is 2.59 bits per heavy atom. The number of amides is 1. The van der Waals surface area contributed by atoms with Crippen LogP contribution in [-0.4, -0.2) is 37.1 Å². The lowest BCUT2D eigenvalue weighted by molar-refractivity contribution is -0.114. The van der Waals surface area contributed by atoms with Crippen molar-refractivity contribution in [2.75, 3.05) is 31.6 Å². The number of fused-ring (bicyclic) bond motifs is 1. The fourth-order valence-electron chi connectivity index (χ4n) is 4.17. The summed E-state index contributed by atoms with van der Waals surface area (Å²) in [5.74, 6) is -0.274. The first kappa shape index (κ1) is 18.6. The smallest absolute Gasteiger partial charge is 0.221 e. The zero-order valence-electron chi connectivity index (χ0n) is 15.6. The highest BCUT2D eigenvalue weighted by molar-refractivity contribution is 7.16. The fourth-order valence-corrected chi connectivity index (χ4v) is 5.54. The molecule has 1 aliphatic carbocycles. The number of halogens is 1. The predicted molar refractivity (Wildman–Crippen MR) is 106 cm³/mol. The Morgan fingerprint density at radius 1 is 1.19 bits per heavy atom. The van der Waals surface area contributed by atoms with Crippen molar-refractivity contribution in [3.8, 4) is 0 Å². The molecule has 1 aromatic carbocycles. The molecule has 4 rings (SSSR count). The number of hydrogen-bond donors (Lipinski definition) is 1. The van der Waals surface area contributed by atoms with Crippen molar-refractivity contribution in [1.82, 2.24) is 4.90 Å². The van der Waals surface area contributed by atoms with Crippen molar-refractivity contribution in [3.05, 3.63) is 51.7 Å². The lowest BCUT2D eigenvalue weighted by Crippen LogP contribution is -2.40. The molecule has 1 aromatic heterocycles. The minimum absolute atomic E-state index is 0.00875. The van der Waals surface area contributed by atoms with Crippen LogP contribution in [0.2, 0.25) is 0 Å². The third kappa shape index (κ3) is 3.93. The minimum Gasteiger partial charge on any atom is -0.379 e. The molecule has 1 saturated heterocycles. The van der Waals surface area contributed by atoms with Gasteiger partial charge in [-0.1, -0.05) is 12.1 Å². The van der Waals surface area contributed by atoms with Crippen molar-refractivity contribution in [1.29, 1.82) is 0 Å². The van der Waals surface area contributed by atoms with Crippen molar-refractivity contribution >= 4 is 22.2 Å². The molecule has 2 aromatic rings. The van der Waals surface area contributed by atoms with Crippen LogP contribution in [0.5, 0.6) is 0 Å². The van der Waals surface area contributed by atoms with E-state index >= 15 is 0 Å². The number of thiophene rings is 1. The highest BCUT2D eigenvalue weighted by atomic mass is 32.1. The normalized spacial score (nSPS) is 18.7. The molecule has 0 radical (unpaired) electrons. The number of carbonyl (C=O) groups is 1. The summed E-state index contributed by atoms with van der Waals surface area (Å²) in [6, 6.07) is 6.81. The molecule has 1 fully saturated rings. The van der Waals surface area contributed by atoms with E-state index in [1.165, 1.54) is 41.0 Å². The number of ether oxygens (including phenoxy) is 1. The van der Waals surface area contributed by atoms with Gasteiger partial charge in [-0.3, -0.25) is 9.69 Å². The number of anilines is 1. The molecule has 2 heterocycles. The van der Waals surface area contributed by atoms with Crippen LogP contribution in [0.15, 0.2) is 24.3 Å². The molecule has 1 N–H and O–H groups in total. The molecule has 0 unspecified atom stereocenters. The SMILES string of the molecule is CC(=O)Nc1sc2c(c1[C@H](c1ccc(F)cc1)N1CCOCC1)CCCC2. The van der Waals surface area contributed by atoms with Gasteiger partial charge in [0.05, 0.1) is 19.3 Å². The number of hydrogen-bond acceptors (Lipinski definition) is 4. The fraction of sp³-hybridized carbons (Fsp3) is 0.476. The highest BCUT2D eigenvalue weighted by Gasteiger charge is 2.32. The van der Waals surface area contributed by atoms with Crippen LogP contribution in [0, 0.1) is 5.82 Å². The van der Waals surface area contributed by atoms with Gasteiger partial charge < -0.3 is 10.1 Å². The van der Waals surface area contributed by atoms with Crippen molar-refractivity contribution in [2.24, 2.45) is 0 Å². The summed E-state index contributed by atoms with van der Waals surface area (Å²) < 4.78 is 19.1. The Balaban J connectivity index is 1.84. The summed E-state index contributed by atoms with van der Waals surface area (Å²) >= 11 is 1.72. The molecule has 2 aliphatic rings. The maximum Gasteiger partial charge on any atom is 0.221 e. The van der Waals surface area contributed by atoms with Gasteiger partial charge in [0.15, 0.2) is 0 Å². The van der Waals surface area contributed by atoms with Crippen LogP contribution in [0.4, 0.5) is 9.39 Å². The quantitative estimate of drug-likeness (QED) is 0.856. The van der Waals surface area contributed by atoms with Gasteiger partial charge in [0.2, 0.25) is 5.91 Å². The minimum atomic E-state index is -0.228. The Morgan fingerprint density at radius 2 is 1.89 bits per heavy atom. The summed E-state index contributed by atoms with van der Waals surface area (Å²) in [7, 11) is 0. The highest BCUT2D eigenvalue weighted by Crippen LogP contribution is 2.45. The van der Waals surface area contributed by atoms with Crippen LogP contribution in [-0.2, 0) is 22.4 Å². The van der Waals surface area contributed by atoms with Crippen molar-refractivity contribution in [3.63, 3.8) is 0 Å². The van der Waals surface area contributed by atoms with Gasteiger partial charge in [-0.05, 0) is 48.9 Å². The van der Waals surface area contributed by atoms with Gasteiger partial charge in [-0.2, -0.15) is 0 Å². The van der Waals surface area contributed by atoms with E-state index in [-0.39, 0.29) is 17.8 Å². The first-order chi connectivity index (χ1) is 13.1. The monoisotopic (exact) mass is 388 g/mol. The van der Waals surface area contributed by atoms with E-state index in [4.69, 9.17) is 4.74 Å². The molecular formula is C21H25FN2O2S. The van der Waals surface area contributed by atoms with E-state index in [1.807, 2.05) is 12.1 Å². The van der Waals surface area contributed by atoms with E-state index in [0.29, 0.717) is 13.2 Å². The molecule has 1 atom stereocenters. The van der Waals surface area contributed by atoms with E-state index in [1.54, 1.807) is 18.3 Å². The van der Waals surface area contributed by atoms with Crippen LogP contribution < -0.4 is 5.32 Å². The Kier molecular flexibility index (Phi) is 5.57. The predicted octanol–water partition coefficient (Wildman–Crippen LogP) is 4.15. The Bertz CT molecular complexity index is 812. The third-order valence-corrected chi connectivity index (χ3v) is 6.59. The summed E-state index contributed by atoms with van der Waals surface area (Å²) in [5, 5.41) is 4.03. The van der Waals surface area contributed by atoms with Gasteiger partial charge in [0, 0.05) is 30.5 Å². The standard InChI is InChI=1S/C21H25FN2O2S/c1-14(25)23-21-19(17-4-2-3-5-18(17)27-21)20(24-10-12-26-13-11-24)15-6-8-16(22)9-7-15/h6-9,20H,2-5,10-13H2,1H3,(H,23,25)/t20-/m0/s1. The van der Waals surface area contributed by atoms with Gasteiger partial charge >= 0.3 is 0 Å². The average Bonchev–Trinajstić information content (AvgIpc) is 3.02. The van der Waals surface area contributed by atoms with Gasteiger partial charge in [-0.15, -0.1) is 11.3 Å². The van der Waals surface area contributed by atoms with E-state index in [9.17, 15) is 9.18 Å². The number of nitrogens with zero attached hydrogens (tertiary/aromatic N) is 1. The van der Waals surface area contributed by atoms with Crippen molar-refractivity contribution in [2.45, 2.75) is 38.6 Å². The topological polar surface area (TPSA) is 41.6 Å². The number of nitrogens with one attached hydrogen (secondary N) is 1. The Hall–Kier alpha value is -1.76. The summed E-state index contributed by atoms with van der Waals surface area (Å²) in [4.78, 5) is 15.7. The molecule has 6 heteroatoms. The summed E-state index contributed by atoms with van der Waals surface area (Å²) in [6.07, 6.45) is 4.50. The maximum atomic E-state index is 13.6. The zero-order valence-corrected chi connectivity index (χ0v) is 16.4. The van der Waals surface area contributed by atoms with E-state index in [0.717, 1.165) is 36.5 Å². The second-order valence-electron chi connectivity index (χ2n) is 7.24. The van der Waals surface area contributed by atoms with Crippen LogP contribution in [0.25, 0.3) is 0 Å². The molecule has 1 amide bonds. The molecule has 27 heavy (non-hydrogen) atoms. The molecule has 0 spiro atoms. The zero-order chi connectivity index (χ0) is 18.8. The lowest BCUT2D eigenvalue weighted by atomic mass is 9.88. The van der Waals surface area contributed by atoms with Crippen LogP contribution in [0.1, 0.15) is 47.4 Å². The summed E-state index contributed by atoms with van der Waals surface area (Å²) in [5.41, 5.74) is 3.66. The molecule has 1 aliphatic heterocycles. The van der Waals surface area contributed by atoms with E-state index in [2.05, 4.69) is 10.2 Å². The number of benzene rings is 1. The lowest BCUT2D eigenvalue weighted by Gasteiger charge is -2.36. The van der Waals surface area contributed by atoms with Crippen LogP contribution in [0.3, 0.4) is 0 Å². The number of rotatable bonds is 4. The second-order valence-corrected chi connectivity index (χ2v) is 8.34. The van der Waals surface area contributed by atoms with Crippen molar-refractivity contribution < 1.29 is 13.9 Å². The number of carbonyl (C=O) groups excluding carboxylic acids is 1. The average molecular weight is 389 g/mol. The molecule has 144 valence electrons. The first-order valence-corrected chi connectivity index (χ1v) is 10.4. The van der Waals surface area contributed by atoms with E-state index < -0.39 is 0 Å². The molecular weight excluding hydrogens is 363 g/mol. The third-order valence-electron chi connectivity index (χ3n) is 5.37. The van der Waals surface area contributed by atoms with Crippen LogP contribution >= 0.6 is 11.3 Å². The van der Waals surface area contributed by atoms with Gasteiger partial charge in [-0.25, -0.2) is 4.39 Å². The summed E-state index contributed by atoms with van der Waals surface area (Å²) in [6.45, 7) is 4.60. The first-order valence-electron chi connectivity index (χ1n) is 9.63. The molecule has 4 nitrogen and oxygen atoms in total. The Labute approximate surface area is 163 Å². The molecule has 0 bridgehead atoms. The molecule has 0 saturated carbocycles. The number of aryl methyl sites for hydroxylation is 1. The second kappa shape index (κ2) is 8.09. The number of morpholine rings is 1.